The lowest BCUT2D eigenvalue weighted by Crippen LogP contribution is -2.15. The molecule has 2 aromatic rings. The van der Waals surface area contributed by atoms with Gasteiger partial charge in [0.25, 0.3) is 0 Å². The number of nitro benzene ring substituents is 1. The van der Waals surface area contributed by atoms with Gasteiger partial charge in [-0.25, -0.2) is 0 Å². The van der Waals surface area contributed by atoms with Crippen molar-refractivity contribution in [2.45, 2.75) is 19.4 Å². The second kappa shape index (κ2) is 6.31. The van der Waals surface area contributed by atoms with Gasteiger partial charge in [0.05, 0.1) is 18.1 Å². The van der Waals surface area contributed by atoms with Crippen molar-refractivity contribution in [1.29, 1.82) is 0 Å². The maximum absolute atomic E-state index is 10.9. The minimum absolute atomic E-state index is 0.0220. The maximum Gasteiger partial charge on any atom is 0.310 e. The first-order chi connectivity index (χ1) is 10.1. The molecule has 1 aromatic heterocycles. The molecule has 0 saturated carbocycles. The minimum Gasteiger partial charge on any atom is -0.490 e. The highest BCUT2D eigenvalue weighted by Crippen LogP contribution is 2.32. The second-order valence-corrected chi connectivity index (χ2v) is 4.34. The van der Waals surface area contributed by atoms with E-state index in [2.05, 4.69) is 15.5 Å². The van der Waals surface area contributed by atoms with E-state index in [1.165, 1.54) is 19.2 Å². The monoisotopic (exact) mass is 292 g/mol. The third-order valence-electron chi connectivity index (χ3n) is 3.12. The third kappa shape index (κ3) is 3.00. The van der Waals surface area contributed by atoms with Gasteiger partial charge in [-0.3, -0.25) is 10.1 Å². The molecule has 0 amide bonds. The lowest BCUT2D eigenvalue weighted by Gasteiger charge is -2.07. The van der Waals surface area contributed by atoms with Gasteiger partial charge >= 0.3 is 5.69 Å². The van der Waals surface area contributed by atoms with E-state index >= 15 is 0 Å². The first kappa shape index (κ1) is 14.9. The van der Waals surface area contributed by atoms with E-state index in [4.69, 9.17) is 9.15 Å². The molecule has 1 unspecified atom stereocenters. The van der Waals surface area contributed by atoms with Crippen LogP contribution in [0.3, 0.4) is 0 Å². The Balaban J connectivity index is 2.36. The Morgan fingerprint density at radius 2 is 2.24 bits per heavy atom. The Morgan fingerprint density at radius 3 is 2.81 bits per heavy atom. The average Bonchev–Trinajstić information content (AvgIpc) is 2.97. The molecule has 0 radical (unpaired) electrons. The molecule has 0 spiro atoms. The Kier molecular flexibility index (Phi) is 4.49. The van der Waals surface area contributed by atoms with Crippen LogP contribution in [0.4, 0.5) is 5.69 Å². The van der Waals surface area contributed by atoms with E-state index in [9.17, 15) is 10.1 Å². The van der Waals surface area contributed by atoms with E-state index in [1.54, 1.807) is 6.07 Å². The summed E-state index contributed by atoms with van der Waals surface area (Å²) in [6.45, 7) is 2.00. The van der Waals surface area contributed by atoms with E-state index in [-0.39, 0.29) is 17.5 Å². The SMILES string of the molecule is CCC(NC)c1nnc(-c2ccc([N+](=O)[O-])c(OC)c2)o1. The molecule has 2 rings (SSSR count). The number of methoxy groups -OCH3 is 1. The Morgan fingerprint density at radius 1 is 1.48 bits per heavy atom. The number of hydrogen-bond donors (Lipinski definition) is 1. The van der Waals surface area contributed by atoms with E-state index in [0.717, 1.165) is 6.42 Å². The summed E-state index contributed by atoms with van der Waals surface area (Å²) in [5.41, 5.74) is 0.463. The quantitative estimate of drug-likeness (QED) is 0.643. The zero-order chi connectivity index (χ0) is 15.4. The zero-order valence-corrected chi connectivity index (χ0v) is 12.0. The summed E-state index contributed by atoms with van der Waals surface area (Å²) in [7, 11) is 3.19. The average molecular weight is 292 g/mol. The number of hydrogen-bond acceptors (Lipinski definition) is 7. The van der Waals surface area contributed by atoms with Crippen LogP contribution in [-0.2, 0) is 0 Å². The number of nitro groups is 1. The summed E-state index contributed by atoms with van der Waals surface area (Å²) in [6.07, 6.45) is 0.807. The number of nitrogens with one attached hydrogen (secondary N) is 1. The third-order valence-corrected chi connectivity index (χ3v) is 3.12. The lowest BCUT2D eigenvalue weighted by atomic mass is 10.2. The molecule has 0 bridgehead atoms. The van der Waals surface area contributed by atoms with Crippen LogP contribution in [0.2, 0.25) is 0 Å². The van der Waals surface area contributed by atoms with Gasteiger partial charge in [0, 0.05) is 17.7 Å². The molecule has 0 fully saturated rings. The summed E-state index contributed by atoms with van der Waals surface area (Å²) in [6, 6.07) is 4.40. The molecule has 1 aromatic carbocycles. The zero-order valence-electron chi connectivity index (χ0n) is 12.0. The molecule has 1 heterocycles. The predicted octanol–water partition coefficient (Wildman–Crippen LogP) is 2.32. The number of nitrogens with zero attached hydrogens (tertiary/aromatic N) is 3. The molecule has 0 aliphatic rings. The Labute approximate surface area is 121 Å². The van der Waals surface area contributed by atoms with Crippen LogP contribution in [0.25, 0.3) is 11.5 Å². The maximum atomic E-state index is 10.9. The standard InChI is InChI=1S/C13H16N4O4/c1-4-9(14-2)13-16-15-12(21-13)8-5-6-10(17(18)19)11(7-8)20-3/h5-7,9,14H,4H2,1-3H3. The molecular formula is C13H16N4O4. The van der Waals surface area contributed by atoms with Gasteiger partial charge in [-0.1, -0.05) is 6.92 Å². The fraction of sp³-hybridized carbons (Fsp3) is 0.385. The van der Waals surface area contributed by atoms with Gasteiger partial charge in [-0.15, -0.1) is 10.2 Å². The minimum atomic E-state index is -0.504. The van der Waals surface area contributed by atoms with Crippen molar-refractivity contribution in [1.82, 2.24) is 15.5 Å². The summed E-state index contributed by atoms with van der Waals surface area (Å²) < 4.78 is 10.6. The summed E-state index contributed by atoms with van der Waals surface area (Å²) >= 11 is 0. The molecule has 0 aliphatic carbocycles. The molecule has 21 heavy (non-hydrogen) atoms. The van der Waals surface area contributed by atoms with Gasteiger partial charge in [0.2, 0.25) is 11.8 Å². The Bertz CT molecular complexity index is 637. The highest BCUT2D eigenvalue weighted by Gasteiger charge is 2.19. The van der Waals surface area contributed by atoms with Crippen molar-refractivity contribution in [3.8, 4) is 17.2 Å². The lowest BCUT2D eigenvalue weighted by molar-refractivity contribution is -0.385. The van der Waals surface area contributed by atoms with Gasteiger partial charge in [0.1, 0.15) is 0 Å². The topological polar surface area (TPSA) is 103 Å². The fourth-order valence-electron chi connectivity index (χ4n) is 1.96. The molecule has 0 aliphatic heterocycles. The molecule has 1 N–H and O–H groups in total. The summed E-state index contributed by atoms with van der Waals surface area (Å²) in [5.74, 6) is 0.928. The van der Waals surface area contributed by atoms with Crippen molar-refractivity contribution in [2.75, 3.05) is 14.2 Å². The van der Waals surface area contributed by atoms with Crippen molar-refractivity contribution in [2.24, 2.45) is 0 Å². The number of ether oxygens (including phenoxy) is 1. The van der Waals surface area contributed by atoms with Crippen molar-refractivity contribution in [3.05, 3.63) is 34.2 Å². The van der Waals surface area contributed by atoms with Crippen LogP contribution >= 0.6 is 0 Å². The normalized spacial score (nSPS) is 12.1. The van der Waals surface area contributed by atoms with Crippen molar-refractivity contribution >= 4 is 5.69 Å². The van der Waals surface area contributed by atoms with Crippen molar-refractivity contribution in [3.63, 3.8) is 0 Å². The largest absolute Gasteiger partial charge is 0.490 e. The molecular weight excluding hydrogens is 276 g/mol. The van der Waals surface area contributed by atoms with Gasteiger partial charge in [0.15, 0.2) is 5.75 Å². The van der Waals surface area contributed by atoms with Gasteiger partial charge in [-0.2, -0.15) is 0 Å². The summed E-state index contributed by atoms with van der Waals surface area (Å²) in [4.78, 5) is 10.4. The number of benzene rings is 1. The van der Waals surface area contributed by atoms with Crippen LogP contribution in [0.15, 0.2) is 22.6 Å². The highest BCUT2D eigenvalue weighted by atomic mass is 16.6. The van der Waals surface area contributed by atoms with Gasteiger partial charge in [-0.05, 0) is 19.5 Å². The van der Waals surface area contributed by atoms with E-state index < -0.39 is 4.92 Å². The van der Waals surface area contributed by atoms with Crippen LogP contribution in [0, 0.1) is 10.1 Å². The van der Waals surface area contributed by atoms with Crippen LogP contribution in [0.5, 0.6) is 5.75 Å². The first-order valence-electron chi connectivity index (χ1n) is 6.44. The van der Waals surface area contributed by atoms with Crippen LogP contribution < -0.4 is 10.1 Å². The fourth-order valence-corrected chi connectivity index (χ4v) is 1.96. The molecule has 112 valence electrons. The number of aromatic nitrogens is 2. The summed E-state index contributed by atoms with van der Waals surface area (Å²) in [5, 5.41) is 21.9. The molecule has 1 atom stereocenters. The van der Waals surface area contributed by atoms with E-state index in [1.807, 2.05) is 14.0 Å². The smallest absolute Gasteiger partial charge is 0.310 e. The van der Waals surface area contributed by atoms with Gasteiger partial charge < -0.3 is 14.5 Å². The second-order valence-electron chi connectivity index (χ2n) is 4.34. The predicted molar refractivity (Wildman–Crippen MR) is 75.0 cm³/mol. The highest BCUT2D eigenvalue weighted by molar-refractivity contribution is 5.61. The molecule has 8 heteroatoms. The van der Waals surface area contributed by atoms with E-state index in [0.29, 0.717) is 17.3 Å². The Hall–Kier alpha value is -2.48. The molecule has 0 saturated heterocycles. The number of rotatable bonds is 6. The van der Waals surface area contributed by atoms with Crippen LogP contribution in [-0.4, -0.2) is 29.3 Å². The van der Waals surface area contributed by atoms with Crippen LogP contribution in [0.1, 0.15) is 25.3 Å². The molecule has 8 nitrogen and oxygen atoms in total. The van der Waals surface area contributed by atoms with Crippen molar-refractivity contribution < 1.29 is 14.1 Å². The first-order valence-corrected chi connectivity index (χ1v) is 6.44.